The second kappa shape index (κ2) is 33.1. The number of phosphoric ester groups is 1. The van der Waals surface area contributed by atoms with Crippen molar-refractivity contribution >= 4 is 13.7 Å². The molecule has 0 radical (unpaired) electrons. The van der Waals surface area contributed by atoms with E-state index in [1.807, 2.05) is 34.1 Å². The van der Waals surface area contributed by atoms with E-state index in [1.54, 1.807) is 6.08 Å². The maximum atomic E-state index is 12.7. The number of hydrogen-bond acceptors (Lipinski definition) is 5. The number of rotatable bonds is 37. The molecule has 0 bridgehead atoms. The number of hydrogen-bond donors (Lipinski definition) is 3. The van der Waals surface area contributed by atoms with Crippen molar-refractivity contribution in [1.82, 2.24) is 5.32 Å². The monoisotopic (exact) mass is 718 g/mol. The Morgan fingerprint density at radius 2 is 1.08 bits per heavy atom. The third-order valence-electron chi connectivity index (χ3n) is 9.24. The summed E-state index contributed by atoms with van der Waals surface area (Å²) in [6.07, 6.45) is 36.6. The Bertz CT molecular complexity index is 819. The van der Waals surface area contributed by atoms with Crippen LogP contribution in [0.25, 0.3) is 0 Å². The molecular formula is C40H82N2O6P+. The first kappa shape index (κ1) is 48.2. The van der Waals surface area contributed by atoms with Crippen LogP contribution in [0.15, 0.2) is 12.2 Å². The summed E-state index contributed by atoms with van der Waals surface area (Å²) < 4.78 is 23.2. The Kier molecular flexibility index (Phi) is 32.6. The third kappa shape index (κ3) is 35.4. The van der Waals surface area contributed by atoms with Crippen molar-refractivity contribution in [3.63, 3.8) is 0 Å². The molecule has 9 heteroatoms. The number of aliphatic hydroxyl groups excluding tert-OH is 1. The molecule has 0 aromatic carbocycles. The molecule has 3 N–H and O–H groups in total. The fraction of sp³-hybridized carbons (Fsp3) is 0.925. The maximum Gasteiger partial charge on any atom is 0.472 e. The minimum Gasteiger partial charge on any atom is -0.387 e. The zero-order valence-electron chi connectivity index (χ0n) is 32.9. The molecule has 1 amide bonds. The maximum absolute atomic E-state index is 12.7. The van der Waals surface area contributed by atoms with E-state index < -0.39 is 20.0 Å². The summed E-state index contributed by atoms with van der Waals surface area (Å²) in [5.41, 5.74) is 0. The number of nitrogens with one attached hydrogen (secondary N) is 1. The zero-order valence-corrected chi connectivity index (χ0v) is 33.8. The van der Waals surface area contributed by atoms with E-state index in [2.05, 4.69) is 12.2 Å². The van der Waals surface area contributed by atoms with Gasteiger partial charge in [0.25, 0.3) is 0 Å². The van der Waals surface area contributed by atoms with Crippen LogP contribution in [0.5, 0.6) is 0 Å². The number of allylic oxidation sites excluding steroid dienone is 1. The molecule has 3 atom stereocenters. The van der Waals surface area contributed by atoms with Crippen molar-refractivity contribution in [1.29, 1.82) is 0 Å². The summed E-state index contributed by atoms with van der Waals surface area (Å²) in [6.45, 7) is 4.61. The van der Waals surface area contributed by atoms with Crippen LogP contribution in [0.4, 0.5) is 0 Å². The van der Waals surface area contributed by atoms with Crippen molar-refractivity contribution < 1.29 is 32.9 Å². The van der Waals surface area contributed by atoms with E-state index >= 15 is 0 Å². The van der Waals surface area contributed by atoms with Crippen molar-refractivity contribution in [2.45, 2.75) is 199 Å². The van der Waals surface area contributed by atoms with Crippen molar-refractivity contribution in [2.24, 2.45) is 0 Å². The number of phosphoric acid groups is 1. The highest BCUT2D eigenvalue weighted by atomic mass is 31.2. The molecule has 0 aliphatic heterocycles. The normalized spacial score (nSPS) is 14.7. The molecule has 0 aromatic rings. The van der Waals surface area contributed by atoms with Gasteiger partial charge in [0.2, 0.25) is 5.91 Å². The Morgan fingerprint density at radius 3 is 1.47 bits per heavy atom. The Balaban J connectivity index is 3.86. The molecule has 3 unspecified atom stereocenters. The van der Waals surface area contributed by atoms with Crippen LogP contribution in [0.3, 0.4) is 0 Å². The Hall–Kier alpha value is -0.760. The predicted octanol–water partition coefficient (Wildman–Crippen LogP) is 10.8. The summed E-state index contributed by atoms with van der Waals surface area (Å²) in [4.78, 5) is 22.7. The number of quaternary nitrogens is 1. The minimum atomic E-state index is -4.31. The number of unbranched alkanes of at least 4 members (excludes halogenated alkanes) is 24. The van der Waals surface area contributed by atoms with Crippen LogP contribution in [-0.4, -0.2) is 73.4 Å². The van der Waals surface area contributed by atoms with Crippen LogP contribution in [0.1, 0.15) is 187 Å². The lowest BCUT2D eigenvalue weighted by atomic mass is 10.0. The van der Waals surface area contributed by atoms with E-state index in [0.29, 0.717) is 17.4 Å². The van der Waals surface area contributed by atoms with Gasteiger partial charge < -0.3 is 19.8 Å². The topological polar surface area (TPSA) is 105 Å². The van der Waals surface area contributed by atoms with Crippen LogP contribution in [0, 0.1) is 0 Å². The lowest BCUT2D eigenvalue weighted by molar-refractivity contribution is -0.870. The summed E-state index contributed by atoms with van der Waals surface area (Å²) in [5, 5.41) is 13.4. The van der Waals surface area contributed by atoms with Crippen molar-refractivity contribution in [2.75, 3.05) is 40.9 Å². The second-order valence-corrected chi connectivity index (χ2v) is 16.8. The SMILES string of the molecule is CCC/C=C/C(O)C(COP(=O)(O)OCC[N+](C)(C)C)NC(=O)CCCCCCCCCCCCCCCCCCCCCCCCCC. The van der Waals surface area contributed by atoms with Crippen molar-refractivity contribution in [3.05, 3.63) is 12.2 Å². The molecule has 0 spiro atoms. The largest absolute Gasteiger partial charge is 0.472 e. The molecule has 0 rings (SSSR count). The van der Waals surface area contributed by atoms with E-state index in [0.717, 1.165) is 32.1 Å². The molecule has 0 saturated carbocycles. The lowest BCUT2D eigenvalue weighted by Gasteiger charge is -2.25. The average molecular weight is 718 g/mol. The van der Waals surface area contributed by atoms with Gasteiger partial charge in [-0.3, -0.25) is 13.8 Å². The fourth-order valence-electron chi connectivity index (χ4n) is 5.93. The highest BCUT2D eigenvalue weighted by Crippen LogP contribution is 2.43. The van der Waals surface area contributed by atoms with Crippen LogP contribution >= 0.6 is 7.82 Å². The first-order valence-corrected chi connectivity index (χ1v) is 22.1. The molecular weight excluding hydrogens is 635 g/mol. The van der Waals surface area contributed by atoms with Gasteiger partial charge in [0, 0.05) is 6.42 Å². The smallest absolute Gasteiger partial charge is 0.387 e. The number of nitrogens with zero attached hydrogens (tertiary/aromatic N) is 1. The van der Waals surface area contributed by atoms with Gasteiger partial charge in [-0.05, 0) is 12.8 Å². The predicted molar refractivity (Wildman–Crippen MR) is 208 cm³/mol. The fourth-order valence-corrected chi connectivity index (χ4v) is 6.67. The molecule has 0 aliphatic rings. The first-order chi connectivity index (χ1) is 23.5. The van der Waals surface area contributed by atoms with Gasteiger partial charge in [0.15, 0.2) is 0 Å². The molecule has 0 heterocycles. The second-order valence-electron chi connectivity index (χ2n) is 15.4. The van der Waals surface area contributed by atoms with E-state index in [9.17, 15) is 19.4 Å². The van der Waals surface area contributed by atoms with Gasteiger partial charge in [0.05, 0.1) is 39.9 Å². The summed E-state index contributed by atoms with van der Waals surface area (Å²) in [6, 6.07) is -0.836. The zero-order chi connectivity index (χ0) is 36.5. The minimum absolute atomic E-state index is 0.0623. The van der Waals surface area contributed by atoms with E-state index in [1.165, 1.54) is 135 Å². The van der Waals surface area contributed by atoms with Crippen LogP contribution in [-0.2, 0) is 18.4 Å². The van der Waals surface area contributed by atoms with Gasteiger partial charge >= 0.3 is 7.82 Å². The number of carbonyl (C=O) groups is 1. The highest BCUT2D eigenvalue weighted by molar-refractivity contribution is 7.47. The summed E-state index contributed by atoms with van der Waals surface area (Å²) in [7, 11) is 1.57. The number of amides is 1. The third-order valence-corrected chi connectivity index (χ3v) is 10.2. The standard InChI is InChI=1S/C40H81N2O6P/c1-6-8-10-11-12-13-14-15-16-17-18-19-20-21-22-23-24-25-26-27-28-29-30-32-34-40(44)41-38(39(43)33-31-9-7-2)37-48-49(45,46)47-36-35-42(3,4)5/h31,33,38-39,43H,6-30,32,34-37H2,1-5H3,(H-,41,44,45,46)/p+1/b33-31+. The molecule has 49 heavy (non-hydrogen) atoms. The van der Waals surface area contributed by atoms with Gasteiger partial charge in [-0.2, -0.15) is 0 Å². The first-order valence-electron chi connectivity index (χ1n) is 20.6. The Morgan fingerprint density at radius 1 is 0.673 bits per heavy atom. The molecule has 8 nitrogen and oxygen atoms in total. The molecule has 292 valence electrons. The Labute approximate surface area is 303 Å². The number of carbonyl (C=O) groups excluding carboxylic acids is 1. The lowest BCUT2D eigenvalue weighted by Crippen LogP contribution is -2.45. The van der Waals surface area contributed by atoms with Crippen LogP contribution in [0.2, 0.25) is 0 Å². The molecule has 0 aliphatic carbocycles. The quantitative estimate of drug-likeness (QED) is 0.0256. The summed E-state index contributed by atoms with van der Waals surface area (Å²) >= 11 is 0. The van der Waals surface area contributed by atoms with Gasteiger partial charge in [0.1, 0.15) is 13.2 Å². The van der Waals surface area contributed by atoms with Gasteiger partial charge in [-0.25, -0.2) is 4.57 Å². The van der Waals surface area contributed by atoms with E-state index in [-0.39, 0.29) is 19.1 Å². The van der Waals surface area contributed by atoms with Gasteiger partial charge in [-0.15, -0.1) is 0 Å². The number of likely N-dealkylation sites (N-methyl/N-ethyl adjacent to an activating group) is 1. The average Bonchev–Trinajstić information content (AvgIpc) is 3.04. The molecule has 0 fully saturated rings. The summed E-state index contributed by atoms with van der Waals surface area (Å²) in [5.74, 6) is -0.186. The van der Waals surface area contributed by atoms with Crippen molar-refractivity contribution in [3.8, 4) is 0 Å². The highest BCUT2D eigenvalue weighted by Gasteiger charge is 2.27. The molecule has 0 aromatic heterocycles. The van der Waals surface area contributed by atoms with Crippen LogP contribution < -0.4 is 5.32 Å². The van der Waals surface area contributed by atoms with E-state index in [4.69, 9.17) is 9.05 Å². The molecule has 0 saturated heterocycles. The van der Waals surface area contributed by atoms with Gasteiger partial charge in [-0.1, -0.05) is 180 Å². The number of aliphatic hydroxyl groups is 1.